The second-order valence-corrected chi connectivity index (χ2v) is 6.15. The number of anilines is 1. The molecule has 0 aromatic heterocycles. The molecular weight excluding hydrogens is 300 g/mol. The van der Waals surface area contributed by atoms with Crippen molar-refractivity contribution in [1.82, 2.24) is 4.72 Å². The van der Waals surface area contributed by atoms with Crippen molar-refractivity contribution in [1.29, 1.82) is 0 Å². The summed E-state index contributed by atoms with van der Waals surface area (Å²) in [6, 6.07) is 4.10. The Kier molecular flexibility index (Phi) is 3.92. The summed E-state index contributed by atoms with van der Waals surface area (Å²) >= 11 is 0. The summed E-state index contributed by atoms with van der Waals surface area (Å²) in [5.41, 5.74) is 1.52. The highest BCUT2D eigenvalue weighted by Gasteiger charge is 2.41. The molecule has 1 aromatic carbocycles. The monoisotopic (exact) mass is 312 g/mol. The summed E-state index contributed by atoms with van der Waals surface area (Å²) in [5, 5.41) is 3.02. The normalized spacial score (nSPS) is 15.2. The highest BCUT2D eigenvalue weighted by Crippen LogP contribution is 2.26. The van der Waals surface area contributed by atoms with Gasteiger partial charge in [0.2, 0.25) is 10.0 Å². The van der Waals surface area contributed by atoms with Crippen LogP contribution in [0.25, 0.3) is 0 Å². The lowest BCUT2D eigenvalue weighted by molar-refractivity contribution is -0.122. The van der Waals surface area contributed by atoms with Crippen molar-refractivity contribution in [2.24, 2.45) is 0 Å². The van der Waals surface area contributed by atoms with E-state index in [0.29, 0.717) is 13.0 Å². The molecule has 0 fully saturated rings. The Morgan fingerprint density at radius 2 is 2.05 bits per heavy atom. The van der Waals surface area contributed by atoms with Gasteiger partial charge in [0.25, 0.3) is 0 Å². The zero-order chi connectivity index (χ0) is 15.0. The second-order valence-electron chi connectivity index (χ2n) is 4.38. The Morgan fingerprint density at radius 1 is 1.35 bits per heavy atom. The predicted octanol–water partition coefficient (Wildman–Crippen LogP) is 1.83. The van der Waals surface area contributed by atoms with Crippen LogP contribution in [0, 0.1) is 0 Å². The summed E-state index contributed by atoms with van der Waals surface area (Å²) in [6.45, 7) is -0.974. The van der Waals surface area contributed by atoms with E-state index in [2.05, 4.69) is 5.32 Å². The van der Waals surface area contributed by atoms with Crippen molar-refractivity contribution >= 4 is 15.7 Å². The number of benzene rings is 1. The van der Waals surface area contributed by atoms with Gasteiger partial charge in [0.05, 0.1) is 11.4 Å². The average Bonchev–Trinajstić information content (AvgIpc) is 2.83. The molecule has 0 atom stereocenters. The number of rotatable bonds is 5. The topological polar surface area (TPSA) is 58.2 Å². The Bertz CT molecular complexity index is 604. The first kappa shape index (κ1) is 15.0. The zero-order valence-corrected chi connectivity index (χ0v) is 11.0. The highest BCUT2D eigenvalue weighted by molar-refractivity contribution is 7.89. The molecule has 9 heteroatoms. The minimum absolute atomic E-state index is 0.218. The molecule has 0 unspecified atom stereocenters. The summed E-state index contributed by atoms with van der Waals surface area (Å²) < 4.78 is 74.5. The maximum Gasteiger partial charge on any atom is 0.320 e. The van der Waals surface area contributed by atoms with Crippen molar-refractivity contribution < 1.29 is 26.0 Å². The number of hydrogen-bond acceptors (Lipinski definition) is 3. The van der Waals surface area contributed by atoms with Crippen LogP contribution >= 0.6 is 0 Å². The van der Waals surface area contributed by atoms with E-state index >= 15 is 0 Å². The fourth-order valence-electron chi connectivity index (χ4n) is 1.80. The predicted molar refractivity (Wildman–Crippen MR) is 64.8 cm³/mol. The average molecular weight is 312 g/mol. The Labute approximate surface area is 113 Å². The van der Waals surface area contributed by atoms with E-state index in [1.165, 1.54) is 22.9 Å². The van der Waals surface area contributed by atoms with Crippen molar-refractivity contribution in [2.75, 3.05) is 18.4 Å². The Balaban J connectivity index is 2.15. The maximum atomic E-state index is 12.7. The van der Waals surface area contributed by atoms with Crippen molar-refractivity contribution in [2.45, 2.75) is 23.7 Å². The summed E-state index contributed by atoms with van der Waals surface area (Å²) in [5.74, 6) is -4.40. The molecule has 2 rings (SSSR count). The first-order valence-corrected chi connectivity index (χ1v) is 7.23. The highest BCUT2D eigenvalue weighted by atomic mass is 32.2. The van der Waals surface area contributed by atoms with Gasteiger partial charge in [-0.15, -0.1) is 0 Å². The standard InChI is InChI=1S/C11H12F4N2O2S/c12-10(13)11(14,15)6-17-20(18,19)8-1-2-9-7(5-8)3-4-16-9/h1-2,5,10,16-17H,3-4,6H2. The van der Waals surface area contributed by atoms with Gasteiger partial charge in [-0.3, -0.25) is 0 Å². The van der Waals surface area contributed by atoms with Gasteiger partial charge in [-0.25, -0.2) is 21.9 Å². The molecular formula is C11H12F4N2O2S. The molecule has 0 aliphatic carbocycles. The van der Waals surface area contributed by atoms with Crippen LogP contribution < -0.4 is 10.0 Å². The van der Waals surface area contributed by atoms with E-state index in [1.54, 1.807) is 0 Å². The zero-order valence-electron chi connectivity index (χ0n) is 10.2. The van der Waals surface area contributed by atoms with Gasteiger partial charge in [-0.2, -0.15) is 8.78 Å². The molecule has 1 aromatic rings. The van der Waals surface area contributed by atoms with E-state index in [4.69, 9.17) is 0 Å². The van der Waals surface area contributed by atoms with E-state index < -0.39 is 28.9 Å². The quantitative estimate of drug-likeness (QED) is 0.816. The number of sulfonamides is 1. The van der Waals surface area contributed by atoms with Gasteiger partial charge in [-0.05, 0) is 30.2 Å². The molecule has 0 amide bonds. The molecule has 0 spiro atoms. The molecule has 2 N–H and O–H groups in total. The number of alkyl halides is 4. The molecule has 0 saturated carbocycles. The van der Waals surface area contributed by atoms with E-state index in [9.17, 15) is 26.0 Å². The minimum Gasteiger partial charge on any atom is -0.384 e. The third-order valence-electron chi connectivity index (χ3n) is 2.91. The van der Waals surface area contributed by atoms with Crippen molar-refractivity contribution in [3.05, 3.63) is 23.8 Å². The van der Waals surface area contributed by atoms with Gasteiger partial charge in [-0.1, -0.05) is 0 Å². The molecule has 4 nitrogen and oxygen atoms in total. The van der Waals surface area contributed by atoms with Crippen LogP contribution in [-0.4, -0.2) is 33.9 Å². The molecule has 0 saturated heterocycles. The summed E-state index contributed by atoms with van der Waals surface area (Å²) in [6.07, 6.45) is -3.30. The second kappa shape index (κ2) is 5.21. The van der Waals surface area contributed by atoms with Gasteiger partial charge < -0.3 is 5.32 Å². The van der Waals surface area contributed by atoms with Crippen LogP contribution in [0.1, 0.15) is 5.56 Å². The van der Waals surface area contributed by atoms with Crippen molar-refractivity contribution in [3.63, 3.8) is 0 Å². The van der Waals surface area contributed by atoms with Gasteiger partial charge >= 0.3 is 12.3 Å². The minimum atomic E-state index is -4.40. The van der Waals surface area contributed by atoms with Gasteiger partial charge in [0.1, 0.15) is 0 Å². The molecule has 112 valence electrons. The fraction of sp³-hybridized carbons (Fsp3) is 0.455. The Morgan fingerprint density at radius 3 is 2.70 bits per heavy atom. The smallest absolute Gasteiger partial charge is 0.320 e. The molecule has 1 heterocycles. The summed E-state index contributed by atoms with van der Waals surface area (Å²) in [4.78, 5) is -0.218. The molecule has 0 bridgehead atoms. The summed E-state index contributed by atoms with van der Waals surface area (Å²) in [7, 11) is -4.24. The first-order chi connectivity index (χ1) is 9.22. The lowest BCUT2D eigenvalue weighted by atomic mass is 10.2. The van der Waals surface area contributed by atoms with Crippen LogP contribution in [0.2, 0.25) is 0 Å². The number of nitrogens with one attached hydrogen (secondary N) is 2. The lowest BCUT2D eigenvalue weighted by Crippen LogP contribution is -2.41. The molecule has 20 heavy (non-hydrogen) atoms. The largest absolute Gasteiger partial charge is 0.384 e. The van der Waals surface area contributed by atoms with Crippen LogP contribution in [0.5, 0.6) is 0 Å². The molecule has 0 radical (unpaired) electrons. The lowest BCUT2D eigenvalue weighted by Gasteiger charge is -2.16. The third kappa shape index (κ3) is 3.04. The van der Waals surface area contributed by atoms with Crippen LogP contribution in [0.3, 0.4) is 0 Å². The first-order valence-electron chi connectivity index (χ1n) is 5.75. The fourth-order valence-corrected chi connectivity index (χ4v) is 2.89. The van der Waals surface area contributed by atoms with E-state index in [0.717, 1.165) is 11.3 Å². The number of hydrogen-bond donors (Lipinski definition) is 2. The van der Waals surface area contributed by atoms with Crippen LogP contribution in [0.4, 0.5) is 23.2 Å². The SMILES string of the molecule is O=S(=O)(NCC(F)(F)C(F)F)c1ccc2c(c1)CCN2. The van der Waals surface area contributed by atoms with Crippen LogP contribution in [-0.2, 0) is 16.4 Å². The van der Waals surface area contributed by atoms with E-state index in [-0.39, 0.29) is 4.90 Å². The molecule has 1 aliphatic heterocycles. The van der Waals surface area contributed by atoms with E-state index in [1.807, 2.05) is 0 Å². The van der Waals surface area contributed by atoms with Crippen LogP contribution in [0.15, 0.2) is 23.1 Å². The Hall–Kier alpha value is -1.35. The van der Waals surface area contributed by atoms with Crippen molar-refractivity contribution in [3.8, 4) is 0 Å². The van der Waals surface area contributed by atoms with Gasteiger partial charge in [0.15, 0.2) is 0 Å². The maximum absolute atomic E-state index is 12.7. The number of fused-ring (bicyclic) bond motifs is 1. The molecule has 1 aliphatic rings. The van der Waals surface area contributed by atoms with Gasteiger partial charge in [0, 0.05) is 12.2 Å². The third-order valence-corrected chi connectivity index (χ3v) is 4.31. The number of halogens is 4.